The summed E-state index contributed by atoms with van der Waals surface area (Å²) in [6, 6.07) is 26.9. The fourth-order valence-corrected chi connectivity index (χ4v) is 5.00. The lowest BCUT2D eigenvalue weighted by atomic mass is 10.1. The van der Waals surface area contributed by atoms with E-state index < -0.39 is 0 Å². The van der Waals surface area contributed by atoms with Gasteiger partial charge in [0.1, 0.15) is 5.75 Å². The van der Waals surface area contributed by atoms with Crippen LogP contribution in [0.2, 0.25) is 0 Å². The third kappa shape index (κ3) is 9.17. The Hall–Kier alpha value is -3.68. The molecule has 0 N–H and O–H groups in total. The van der Waals surface area contributed by atoms with Gasteiger partial charge in [0.05, 0.1) is 26.3 Å². The summed E-state index contributed by atoms with van der Waals surface area (Å²) in [6.45, 7) is 12.9. The molecule has 1 aromatic heterocycles. The van der Waals surface area contributed by atoms with Crippen molar-refractivity contribution in [3.8, 4) is 28.4 Å². The summed E-state index contributed by atoms with van der Waals surface area (Å²) in [5, 5.41) is 0. The SMILES string of the molecule is CC.CC.COc1ccc(CN2CCN(c3ccc(OSc4ccc(-c5cccnc5)cc4)cc3)CC2)cc1OC. The van der Waals surface area contributed by atoms with E-state index in [-0.39, 0.29) is 0 Å². The molecule has 0 aliphatic carbocycles. The Morgan fingerprint density at radius 1 is 0.732 bits per heavy atom. The van der Waals surface area contributed by atoms with E-state index in [9.17, 15) is 0 Å². The Morgan fingerprint density at radius 3 is 2.02 bits per heavy atom. The second kappa shape index (κ2) is 17.2. The van der Waals surface area contributed by atoms with E-state index >= 15 is 0 Å². The number of anilines is 1. The van der Waals surface area contributed by atoms with Gasteiger partial charge in [-0.2, -0.15) is 0 Å². The number of benzene rings is 3. The molecule has 1 aliphatic rings. The van der Waals surface area contributed by atoms with Gasteiger partial charge in [0.15, 0.2) is 11.5 Å². The fourth-order valence-electron chi connectivity index (χ4n) is 4.45. The van der Waals surface area contributed by atoms with E-state index in [0.29, 0.717) is 0 Å². The van der Waals surface area contributed by atoms with Gasteiger partial charge >= 0.3 is 0 Å². The van der Waals surface area contributed by atoms with E-state index in [4.69, 9.17) is 13.7 Å². The monoisotopic (exact) mass is 573 g/mol. The maximum Gasteiger partial charge on any atom is 0.161 e. The average molecular weight is 574 g/mol. The van der Waals surface area contributed by atoms with Crippen LogP contribution in [0.25, 0.3) is 11.1 Å². The Kier molecular flexibility index (Phi) is 13.4. The van der Waals surface area contributed by atoms with Crippen molar-refractivity contribution < 1.29 is 13.7 Å². The number of hydrogen-bond donors (Lipinski definition) is 0. The van der Waals surface area contributed by atoms with Crippen LogP contribution in [0.5, 0.6) is 17.2 Å². The first kappa shape index (κ1) is 31.8. The summed E-state index contributed by atoms with van der Waals surface area (Å²) >= 11 is 1.37. The van der Waals surface area contributed by atoms with Gasteiger partial charge in [-0.25, -0.2) is 0 Å². The van der Waals surface area contributed by atoms with Crippen molar-refractivity contribution in [2.45, 2.75) is 39.1 Å². The molecule has 41 heavy (non-hydrogen) atoms. The first-order valence-electron chi connectivity index (χ1n) is 14.3. The van der Waals surface area contributed by atoms with E-state index in [1.165, 1.54) is 23.3 Å². The number of piperazine rings is 1. The van der Waals surface area contributed by atoms with Crippen molar-refractivity contribution in [2.75, 3.05) is 45.3 Å². The summed E-state index contributed by atoms with van der Waals surface area (Å²) in [4.78, 5) is 10.2. The van der Waals surface area contributed by atoms with Gasteiger partial charge in [-0.05, 0) is 71.3 Å². The minimum absolute atomic E-state index is 0.764. The van der Waals surface area contributed by atoms with E-state index in [1.54, 1.807) is 20.4 Å². The first-order valence-corrected chi connectivity index (χ1v) is 15.1. The van der Waals surface area contributed by atoms with Gasteiger partial charge in [-0.1, -0.05) is 52.0 Å². The van der Waals surface area contributed by atoms with Crippen molar-refractivity contribution in [1.29, 1.82) is 0 Å². The molecule has 0 amide bonds. The normalized spacial score (nSPS) is 12.8. The Morgan fingerprint density at radius 2 is 1.41 bits per heavy atom. The standard InChI is InChI=1S/C30H31N3O3S.2C2H6/c1-34-29-14-5-23(20-30(29)35-2)22-32-16-18-33(19-17-32)26-8-10-27(11-9-26)36-37-28-12-6-24(7-13-28)25-4-3-15-31-21-25;2*1-2/h3-15,20-21H,16-19,22H2,1-2H3;2*1-2H3. The minimum Gasteiger partial charge on any atom is -0.493 e. The van der Waals surface area contributed by atoms with Gasteiger partial charge < -0.3 is 18.6 Å². The highest BCUT2D eigenvalue weighted by atomic mass is 32.2. The third-order valence-electron chi connectivity index (χ3n) is 6.51. The number of pyridine rings is 1. The predicted octanol–water partition coefficient (Wildman–Crippen LogP) is 8.23. The molecule has 4 aromatic rings. The van der Waals surface area contributed by atoms with Gasteiger partial charge in [0.25, 0.3) is 0 Å². The van der Waals surface area contributed by atoms with Crippen LogP contribution >= 0.6 is 12.0 Å². The van der Waals surface area contributed by atoms with Gasteiger partial charge in [0.2, 0.25) is 0 Å². The second-order valence-electron chi connectivity index (χ2n) is 8.88. The van der Waals surface area contributed by atoms with Gasteiger partial charge in [-0.15, -0.1) is 0 Å². The predicted molar refractivity (Wildman–Crippen MR) is 172 cm³/mol. The molecule has 1 saturated heterocycles. The minimum atomic E-state index is 0.764. The lowest BCUT2D eigenvalue weighted by Crippen LogP contribution is -2.45. The summed E-state index contributed by atoms with van der Waals surface area (Å²) in [7, 11) is 3.34. The number of methoxy groups -OCH3 is 2. The van der Waals surface area contributed by atoms with E-state index in [0.717, 1.165) is 66.0 Å². The topological polar surface area (TPSA) is 47.1 Å². The molecule has 0 spiro atoms. The summed E-state index contributed by atoms with van der Waals surface area (Å²) < 4.78 is 16.8. The molecule has 0 radical (unpaired) electrons. The number of ether oxygens (including phenoxy) is 2. The molecule has 1 fully saturated rings. The number of rotatable bonds is 9. The van der Waals surface area contributed by atoms with E-state index in [2.05, 4.69) is 69.4 Å². The number of aromatic nitrogens is 1. The van der Waals surface area contributed by atoms with Crippen molar-refractivity contribution in [1.82, 2.24) is 9.88 Å². The molecular formula is C34H43N3O3S. The third-order valence-corrected chi connectivity index (χ3v) is 7.25. The molecule has 3 aromatic carbocycles. The maximum atomic E-state index is 5.96. The molecule has 0 saturated carbocycles. The fraction of sp³-hybridized carbons (Fsp3) is 0.324. The van der Waals surface area contributed by atoms with Gasteiger partial charge in [0, 0.05) is 55.7 Å². The molecule has 6 nitrogen and oxygen atoms in total. The average Bonchev–Trinajstić information content (AvgIpc) is 3.07. The van der Waals surface area contributed by atoms with Crippen LogP contribution in [-0.2, 0) is 6.54 Å². The Labute approximate surface area is 250 Å². The molecule has 0 bridgehead atoms. The van der Waals surface area contributed by atoms with Crippen LogP contribution in [0, 0.1) is 0 Å². The Bertz CT molecular complexity index is 1280. The number of hydrogen-bond acceptors (Lipinski definition) is 7. The van der Waals surface area contributed by atoms with Crippen LogP contribution in [-0.4, -0.2) is 50.3 Å². The molecule has 0 atom stereocenters. The first-order chi connectivity index (χ1) is 20.2. The molecule has 0 unspecified atom stereocenters. The summed E-state index contributed by atoms with van der Waals surface area (Å²) in [5.41, 5.74) is 4.71. The lowest BCUT2D eigenvalue weighted by Gasteiger charge is -2.36. The highest BCUT2D eigenvalue weighted by Gasteiger charge is 2.18. The van der Waals surface area contributed by atoms with Crippen molar-refractivity contribution in [2.24, 2.45) is 0 Å². The highest BCUT2D eigenvalue weighted by molar-refractivity contribution is 7.95. The second-order valence-corrected chi connectivity index (χ2v) is 9.68. The van der Waals surface area contributed by atoms with Crippen LogP contribution in [0.3, 0.4) is 0 Å². The Balaban J connectivity index is 0.00000111. The molecule has 1 aliphatic heterocycles. The van der Waals surface area contributed by atoms with Gasteiger partial charge in [-0.3, -0.25) is 9.88 Å². The van der Waals surface area contributed by atoms with Crippen molar-refractivity contribution in [3.63, 3.8) is 0 Å². The zero-order chi connectivity index (χ0) is 29.5. The van der Waals surface area contributed by atoms with Crippen molar-refractivity contribution in [3.05, 3.63) is 96.8 Å². The van der Waals surface area contributed by atoms with Crippen molar-refractivity contribution >= 4 is 17.7 Å². The lowest BCUT2D eigenvalue weighted by molar-refractivity contribution is 0.249. The molecular weight excluding hydrogens is 530 g/mol. The molecule has 2 heterocycles. The zero-order valence-corrected chi connectivity index (χ0v) is 26.0. The maximum absolute atomic E-state index is 5.96. The quantitative estimate of drug-likeness (QED) is 0.187. The van der Waals surface area contributed by atoms with E-state index in [1.807, 2.05) is 58.2 Å². The summed E-state index contributed by atoms with van der Waals surface area (Å²) in [6.07, 6.45) is 3.66. The summed E-state index contributed by atoms with van der Waals surface area (Å²) in [5.74, 6) is 2.39. The van der Waals surface area contributed by atoms with Crippen LogP contribution in [0.1, 0.15) is 33.3 Å². The molecule has 7 heteroatoms. The van der Waals surface area contributed by atoms with Crippen LogP contribution in [0.4, 0.5) is 5.69 Å². The largest absolute Gasteiger partial charge is 0.493 e. The highest BCUT2D eigenvalue weighted by Crippen LogP contribution is 2.30. The van der Waals surface area contributed by atoms with Crippen LogP contribution in [0.15, 0.2) is 96.2 Å². The number of nitrogens with zero attached hydrogens (tertiary/aromatic N) is 3. The molecule has 5 rings (SSSR count). The molecule has 218 valence electrons. The van der Waals surface area contributed by atoms with Crippen LogP contribution < -0.4 is 18.6 Å². The zero-order valence-electron chi connectivity index (χ0n) is 25.2. The smallest absolute Gasteiger partial charge is 0.161 e.